The first-order valence-corrected chi connectivity index (χ1v) is 12.0. The fourth-order valence-electron chi connectivity index (χ4n) is 3.50. The van der Waals surface area contributed by atoms with Gasteiger partial charge in [-0.2, -0.15) is 0 Å². The summed E-state index contributed by atoms with van der Waals surface area (Å²) >= 11 is 0. The fraction of sp³-hybridized carbons (Fsp3) is 0.393. The first-order chi connectivity index (χ1) is 16.3. The maximum Gasteiger partial charge on any atom is 0.273 e. The maximum absolute atomic E-state index is 13.3. The molecular formula is C28H35N3O3. The number of amides is 2. The minimum atomic E-state index is -0.257. The number of nitrogens with one attached hydrogen (secondary N) is 1. The molecule has 0 bridgehead atoms. The number of carbonyl (C=O) groups excluding carboxylic acids is 2. The SMILES string of the molecule is CC(C)CCNC(=O)c1coc(CN(CCC(C)C)C(=O)c2ccc(-c3ccccc3)cc2)n1. The monoisotopic (exact) mass is 461 g/mol. The normalized spacial score (nSPS) is 11.1. The van der Waals surface area contributed by atoms with Crippen molar-refractivity contribution >= 4 is 11.8 Å². The highest BCUT2D eigenvalue weighted by atomic mass is 16.3. The van der Waals surface area contributed by atoms with E-state index in [1.54, 1.807) is 4.90 Å². The van der Waals surface area contributed by atoms with Gasteiger partial charge in [0.05, 0.1) is 6.54 Å². The Morgan fingerprint density at radius 2 is 1.56 bits per heavy atom. The van der Waals surface area contributed by atoms with E-state index in [0.29, 0.717) is 36.4 Å². The molecule has 6 heteroatoms. The lowest BCUT2D eigenvalue weighted by atomic mass is 10.0. The molecule has 0 aliphatic heterocycles. The Labute approximate surface area is 202 Å². The molecule has 1 aromatic heterocycles. The predicted molar refractivity (Wildman–Crippen MR) is 134 cm³/mol. The molecule has 6 nitrogen and oxygen atoms in total. The quantitative estimate of drug-likeness (QED) is 0.391. The van der Waals surface area contributed by atoms with Crippen LogP contribution in [0.2, 0.25) is 0 Å². The highest BCUT2D eigenvalue weighted by molar-refractivity contribution is 5.95. The number of benzene rings is 2. The highest BCUT2D eigenvalue weighted by Crippen LogP contribution is 2.21. The average Bonchev–Trinajstić information content (AvgIpc) is 3.30. The Morgan fingerprint density at radius 3 is 2.21 bits per heavy atom. The molecule has 34 heavy (non-hydrogen) atoms. The Bertz CT molecular complexity index is 1060. The second-order valence-electron chi connectivity index (χ2n) is 9.42. The number of oxazole rings is 1. The molecule has 3 aromatic rings. The van der Waals surface area contributed by atoms with Gasteiger partial charge in [-0.15, -0.1) is 0 Å². The van der Waals surface area contributed by atoms with Gasteiger partial charge in [0.15, 0.2) is 5.69 Å². The van der Waals surface area contributed by atoms with Gasteiger partial charge < -0.3 is 14.6 Å². The molecule has 0 atom stereocenters. The minimum absolute atomic E-state index is 0.0820. The van der Waals surface area contributed by atoms with Crippen LogP contribution in [0.1, 0.15) is 67.3 Å². The summed E-state index contributed by atoms with van der Waals surface area (Å²) in [5.41, 5.74) is 3.02. The topological polar surface area (TPSA) is 75.4 Å². The van der Waals surface area contributed by atoms with Gasteiger partial charge in [0.25, 0.3) is 11.8 Å². The Balaban J connectivity index is 1.70. The van der Waals surface area contributed by atoms with Gasteiger partial charge >= 0.3 is 0 Å². The number of rotatable bonds is 11. The summed E-state index contributed by atoms with van der Waals surface area (Å²) in [5, 5.41) is 2.86. The summed E-state index contributed by atoms with van der Waals surface area (Å²) in [5.74, 6) is 0.971. The van der Waals surface area contributed by atoms with Gasteiger partial charge in [-0.1, -0.05) is 70.2 Å². The van der Waals surface area contributed by atoms with Gasteiger partial charge in [0.1, 0.15) is 6.26 Å². The number of aromatic nitrogens is 1. The molecule has 2 amide bonds. The lowest BCUT2D eigenvalue weighted by Crippen LogP contribution is -2.32. The molecule has 0 fully saturated rings. The van der Waals surface area contributed by atoms with E-state index in [2.05, 4.69) is 38.0 Å². The van der Waals surface area contributed by atoms with E-state index < -0.39 is 0 Å². The van der Waals surface area contributed by atoms with E-state index in [4.69, 9.17) is 4.42 Å². The largest absolute Gasteiger partial charge is 0.446 e. The summed E-state index contributed by atoms with van der Waals surface area (Å²) in [4.78, 5) is 31.7. The molecule has 0 spiro atoms. The van der Waals surface area contributed by atoms with Gasteiger partial charge in [-0.3, -0.25) is 9.59 Å². The zero-order valence-corrected chi connectivity index (χ0v) is 20.6. The highest BCUT2D eigenvalue weighted by Gasteiger charge is 2.20. The first-order valence-electron chi connectivity index (χ1n) is 12.0. The van der Waals surface area contributed by atoms with Crippen molar-refractivity contribution in [1.29, 1.82) is 0 Å². The summed E-state index contributed by atoms with van der Waals surface area (Å²) in [6, 6.07) is 17.7. The summed E-state index contributed by atoms with van der Waals surface area (Å²) in [7, 11) is 0. The third-order valence-electron chi connectivity index (χ3n) is 5.62. The Hall–Kier alpha value is -3.41. The molecule has 2 aromatic carbocycles. The number of nitrogens with zero attached hydrogens (tertiary/aromatic N) is 2. The second kappa shape index (κ2) is 12.2. The van der Waals surface area contributed by atoms with E-state index in [-0.39, 0.29) is 24.1 Å². The maximum atomic E-state index is 13.3. The van der Waals surface area contributed by atoms with Crippen LogP contribution in [-0.2, 0) is 6.54 Å². The zero-order valence-electron chi connectivity index (χ0n) is 20.6. The van der Waals surface area contributed by atoms with E-state index in [1.807, 2.05) is 54.6 Å². The van der Waals surface area contributed by atoms with E-state index >= 15 is 0 Å². The summed E-state index contributed by atoms with van der Waals surface area (Å²) in [6.45, 7) is 9.86. The van der Waals surface area contributed by atoms with Crippen LogP contribution in [0.4, 0.5) is 0 Å². The van der Waals surface area contributed by atoms with Crippen molar-refractivity contribution in [3.63, 3.8) is 0 Å². The van der Waals surface area contributed by atoms with E-state index in [0.717, 1.165) is 24.0 Å². The number of hydrogen-bond donors (Lipinski definition) is 1. The van der Waals surface area contributed by atoms with Gasteiger partial charge in [0.2, 0.25) is 5.89 Å². The van der Waals surface area contributed by atoms with Crippen LogP contribution in [0, 0.1) is 11.8 Å². The van der Waals surface area contributed by atoms with Gasteiger partial charge in [-0.25, -0.2) is 4.98 Å². The first kappa shape index (κ1) is 25.2. The summed E-state index contributed by atoms with van der Waals surface area (Å²) < 4.78 is 5.55. The van der Waals surface area contributed by atoms with Crippen molar-refractivity contribution < 1.29 is 14.0 Å². The van der Waals surface area contributed by atoms with Crippen LogP contribution in [0.15, 0.2) is 65.3 Å². The van der Waals surface area contributed by atoms with Crippen LogP contribution >= 0.6 is 0 Å². The van der Waals surface area contributed by atoms with Crippen molar-refractivity contribution in [3.8, 4) is 11.1 Å². The van der Waals surface area contributed by atoms with Crippen molar-refractivity contribution in [1.82, 2.24) is 15.2 Å². The van der Waals surface area contributed by atoms with Crippen LogP contribution in [0.5, 0.6) is 0 Å². The van der Waals surface area contributed by atoms with Crippen molar-refractivity contribution in [2.75, 3.05) is 13.1 Å². The fourth-order valence-corrected chi connectivity index (χ4v) is 3.50. The third kappa shape index (κ3) is 7.30. The Kier molecular flexibility index (Phi) is 9.02. The number of hydrogen-bond acceptors (Lipinski definition) is 4. The zero-order chi connectivity index (χ0) is 24.5. The molecule has 1 heterocycles. The average molecular weight is 462 g/mol. The van der Waals surface area contributed by atoms with E-state index in [1.165, 1.54) is 6.26 Å². The van der Waals surface area contributed by atoms with Crippen molar-refractivity contribution in [3.05, 3.63) is 78.0 Å². The molecule has 180 valence electrons. The van der Waals surface area contributed by atoms with Crippen LogP contribution in [-0.4, -0.2) is 34.8 Å². The predicted octanol–water partition coefficient (Wildman–Crippen LogP) is 5.81. The lowest BCUT2D eigenvalue weighted by Gasteiger charge is -2.22. The molecule has 3 rings (SSSR count). The molecular weight excluding hydrogens is 426 g/mol. The number of carbonyl (C=O) groups is 2. The second-order valence-corrected chi connectivity index (χ2v) is 9.42. The molecule has 0 radical (unpaired) electrons. The van der Waals surface area contributed by atoms with Gasteiger partial charge in [0, 0.05) is 18.7 Å². The molecule has 0 saturated heterocycles. The minimum Gasteiger partial charge on any atom is -0.446 e. The van der Waals surface area contributed by atoms with Crippen LogP contribution in [0.25, 0.3) is 11.1 Å². The van der Waals surface area contributed by atoms with Crippen molar-refractivity contribution in [2.45, 2.75) is 47.1 Å². The molecule has 0 saturated carbocycles. The third-order valence-corrected chi connectivity index (χ3v) is 5.62. The summed E-state index contributed by atoms with van der Waals surface area (Å²) in [6.07, 6.45) is 3.12. The molecule has 0 aliphatic rings. The Morgan fingerprint density at radius 1 is 0.912 bits per heavy atom. The molecule has 0 unspecified atom stereocenters. The standard InChI is InChI=1S/C28H35N3O3/c1-20(2)14-16-29-27(32)25-19-34-26(30-25)18-31(17-15-21(3)4)28(33)24-12-10-23(11-13-24)22-8-6-5-7-9-22/h5-13,19-21H,14-18H2,1-4H3,(H,29,32). The van der Waals surface area contributed by atoms with Crippen LogP contribution < -0.4 is 5.32 Å². The van der Waals surface area contributed by atoms with Crippen molar-refractivity contribution in [2.24, 2.45) is 11.8 Å². The smallest absolute Gasteiger partial charge is 0.273 e. The lowest BCUT2D eigenvalue weighted by molar-refractivity contribution is 0.0720. The molecule has 0 aliphatic carbocycles. The molecule has 1 N–H and O–H groups in total. The van der Waals surface area contributed by atoms with E-state index in [9.17, 15) is 9.59 Å². The van der Waals surface area contributed by atoms with Crippen LogP contribution in [0.3, 0.4) is 0 Å². The van der Waals surface area contributed by atoms with Gasteiger partial charge in [-0.05, 0) is 47.9 Å².